The van der Waals surface area contributed by atoms with Gasteiger partial charge in [-0.15, -0.1) is 0 Å². The van der Waals surface area contributed by atoms with Crippen molar-refractivity contribution in [3.63, 3.8) is 0 Å². The van der Waals surface area contributed by atoms with Crippen LogP contribution < -0.4 is 4.90 Å². The van der Waals surface area contributed by atoms with Crippen LogP contribution in [0.15, 0.2) is 17.2 Å². The Morgan fingerprint density at radius 3 is 1.85 bits per heavy atom. The fourth-order valence-electron chi connectivity index (χ4n) is 2.56. The van der Waals surface area contributed by atoms with Gasteiger partial charge < -0.3 is 4.90 Å². The van der Waals surface area contributed by atoms with Gasteiger partial charge in [-0.3, -0.25) is 4.55 Å². The standard InChI is InChI=1S/C14H24N2O3S/c1-10-8-11(15-12(9-10)20(17,18)19)16(13(2,3)4)14(5,6)7/h8-9H,1-7H3,(H,17,18,19). The molecule has 0 unspecified atom stereocenters. The predicted molar refractivity (Wildman–Crippen MR) is 80.8 cm³/mol. The van der Waals surface area contributed by atoms with Gasteiger partial charge in [0.1, 0.15) is 5.82 Å². The second-order valence-corrected chi connectivity index (χ2v) is 8.36. The number of hydrogen-bond acceptors (Lipinski definition) is 4. The third kappa shape index (κ3) is 3.93. The van der Waals surface area contributed by atoms with E-state index in [1.54, 1.807) is 6.92 Å². The molecule has 1 aromatic rings. The van der Waals surface area contributed by atoms with Crippen molar-refractivity contribution in [1.82, 2.24) is 4.98 Å². The Bertz CT molecular complexity index is 582. The van der Waals surface area contributed by atoms with Crippen molar-refractivity contribution < 1.29 is 13.0 Å². The van der Waals surface area contributed by atoms with E-state index in [2.05, 4.69) is 4.98 Å². The van der Waals surface area contributed by atoms with Crippen LogP contribution in [-0.2, 0) is 10.1 Å². The van der Waals surface area contributed by atoms with Gasteiger partial charge in [-0.1, -0.05) is 0 Å². The first kappa shape index (κ1) is 16.9. The van der Waals surface area contributed by atoms with E-state index in [9.17, 15) is 13.0 Å². The van der Waals surface area contributed by atoms with Gasteiger partial charge in [-0.25, -0.2) is 4.98 Å². The molecule has 1 heterocycles. The van der Waals surface area contributed by atoms with Crippen molar-refractivity contribution in [2.75, 3.05) is 4.90 Å². The van der Waals surface area contributed by atoms with Gasteiger partial charge in [0, 0.05) is 11.1 Å². The number of aromatic nitrogens is 1. The van der Waals surface area contributed by atoms with Gasteiger partial charge in [-0.2, -0.15) is 8.42 Å². The predicted octanol–water partition coefficient (Wildman–Crippen LogP) is 3.04. The molecule has 0 bridgehead atoms. The molecule has 1 rings (SSSR count). The lowest BCUT2D eigenvalue weighted by Crippen LogP contribution is -2.53. The van der Waals surface area contributed by atoms with E-state index in [0.29, 0.717) is 5.82 Å². The fraction of sp³-hybridized carbons (Fsp3) is 0.643. The van der Waals surface area contributed by atoms with E-state index < -0.39 is 10.1 Å². The summed E-state index contributed by atoms with van der Waals surface area (Å²) < 4.78 is 31.9. The van der Waals surface area contributed by atoms with Crippen LogP contribution in [0, 0.1) is 6.92 Å². The molecule has 0 spiro atoms. The Morgan fingerprint density at radius 2 is 1.50 bits per heavy atom. The van der Waals surface area contributed by atoms with Crippen LogP contribution in [0.4, 0.5) is 5.82 Å². The van der Waals surface area contributed by atoms with Crippen LogP contribution in [0.2, 0.25) is 0 Å². The molecule has 0 saturated heterocycles. The van der Waals surface area contributed by atoms with Crippen LogP contribution in [0.1, 0.15) is 47.1 Å². The number of rotatable bonds is 2. The highest BCUT2D eigenvalue weighted by Crippen LogP contribution is 2.31. The Kier molecular flexibility index (Phi) is 4.23. The SMILES string of the molecule is Cc1cc(N(C(C)(C)C)C(C)(C)C)nc(S(=O)(=O)O)c1. The molecule has 0 radical (unpaired) electrons. The van der Waals surface area contributed by atoms with Crippen molar-refractivity contribution in [2.24, 2.45) is 0 Å². The first-order chi connectivity index (χ1) is 8.73. The summed E-state index contributed by atoms with van der Waals surface area (Å²) in [5.41, 5.74) is 0.256. The minimum Gasteiger partial charge on any atom is -0.347 e. The lowest BCUT2D eigenvalue weighted by atomic mass is 9.96. The molecule has 20 heavy (non-hydrogen) atoms. The molecule has 0 fully saturated rings. The van der Waals surface area contributed by atoms with E-state index in [4.69, 9.17) is 0 Å². The van der Waals surface area contributed by atoms with Gasteiger partial charge >= 0.3 is 10.1 Å². The lowest BCUT2D eigenvalue weighted by molar-refractivity contribution is 0.375. The van der Waals surface area contributed by atoms with E-state index >= 15 is 0 Å². The second kappa shape index (κ2) is 5.00. The minimum absolute atomic E-state index is 0.241. The summed E-state index contributed by atoms with van der Waals surface area (Å²) >= 11 is 0. The van der Waals surface area contributed by atoms with Crippen LogP contribution in [0.25, 0.3) is 0 Å². The largest absolute Gasteiger partial charge is 0.347 e. The number of aryl methyl sites for hydroxylation is 1. The Labute approximate surface area is 121 Å². The molecule has 0 atom stereocenters. The first-order valence-electron chi connectivity index (χ1n) is 6.49. The molecule has 0 aliphatic carbocycles. The van der Waals surface area contributed by atoms with E-state index in [1.165, 1.54) is 6.07 Å². The molecule has 1 N–H and O–H groups in total. The van der Waals surface area contributed by atoms with Crippen LogP contribution in [0.5, 0.6) is 0 Å². The summed E-state index contributed by atoms with van der Waals surface area (Å²) in [6.45, 7) is 14.0. The smallest absolute Gasteiger partial charge is 0.312 e. The molecular formula is C14H24N2O3S. The summed E-state index contributed by atoms with van der Waals surface area (Å²) in [7, 11) is -4.31. The number of anilines is 1. The minimum atomic E-state index is -4.31. The Balaban J connectivity index is 3.55. The highest BCUT2D eigenvalue weighted by atomic mass is 32.2. The topological polar surface area (TPSA) is 70.5 Å². The molecule has 5 nitrogen and oxygen atoms in total. The second-order valence-electron chi connectivity index (χ2n) is 6.99. The van der Waals surface area contributed by atoms with Crippen LogP contribution in [0.3, 0.4) is 0 Å². The molecule has 0 saturated carbocycles. The van der Waals surface area contributed by atoms with Gasteiger partial charge in [0.15, 0.2) is 5.03 Å². The summed E-state index contributed by atoms with van der Waals surface area (Å²) in [5, 5.41) is -0.314. The molecule has 0 amide bonds. The summed E-state index contributed by atoms with van der Waals surface area (Å²) in [5.74, 6) is 0.539. The molecule has 1 aromatic heterocycles. The zero-order valence-corrected chi connectivity index (χ0v) is 14.0. The molecule has 0 aliphatic rings. The van der Waals surface area contributed by atoms with E-state index in [0.717, 1.165) is 5.56 Å². The monoisotopic (exact) mass is 300 g/mol. The maximum absolute atomic E-state index is 11.3. The van der Waals surface area contributed by atoms with Crippen molar-refractivity contribution in [2.45, 2.75) is 64.6 Å². The molecule has 0 aliphatic heterocycles. The number of pyridine rings is 1. The quantitative estimate of drug-likeness (QED) is 0.850. The first-order valence-corrected chi connectivity index (χ1v) is 7.93. The van der Waals surface area contributed by atoms with Gasteiger partial charge in [0.25, 0.3) is 0 Å². The molecular weight excluding hydrogens is 276 g/mol. The summed E-state index contributed by atoms with van der Waals surface area (Å²) in [4.78, 5) is 6.17. The van der Waals surface area contributed by atoms with Crippen LogP contribution in [-0.4, -0.2) is 29.0 Å². The van der Waals surface area contributed by atoms with Gasteiger partial charge in [0.2, 0.25) is 0 Å². The summed E-state index contributed by atoms with van der Waals surface area (Å²) in [6, 6.07) is 3.19. The fourth-order valence-corrected chi connectivity index (χ4v) is 3.10. The number of hydrogen-bond donors (Lipinski definition) is 1. The zero-order chi connectivity index (χ0) is 15.9. The van der Waals surface area contributed by atoms with Gasteiger partial charge in [-0.05, 0) is 66.2 Å². The van der Waals surface area contributed by atoms with Crippen molar-refractivity contribution in [3.8, 4) is 0 Å². The third-order valence-corrected chi connectivity index (χ3v) is 3.51. The molecule has 6 heteroatoms. The Hall–Kier alpha value is -1.14. The van der Waals surface area contributed by atoms with E-state index in [-0.39, 0.29) is 16.1 Å². The maximum Gasteiger partial charge on any atom is 0.312 e. The zero-order valence-electron chi connectivity index (χ0n) is 13.2. The average molecular weight is 300 g/mol. The highest BCUT2D eigenvalue weighted by Gasteiger charge is 2.33. The van der Waals surface area contributed by atoms with Crippen molar-refractivity contribution in [3.05, 3.63) is 17.7 Å². The highest BCUT2D eigenvalue weighted by molar-refractivity contribution is 7.85. The lowest BCUT2D eigenvalue weighted by Gasteiger charge is -2.46. The van der Waals surface area contributed by atoms with E-state index in [1.807, 2.05) is 52.5 Å². The molecule has 114 valence electrons. The maximum atomic E-state index is 11.3. The normalized spacial score (nSPS) is 13.4. The van der Waals surface area contributed by atoms with Crippen LogP contribution >= 0.6 is 0 Å². The molecule has 0 aromatic carbocycles. The van der Waals surface area contributed by atoms with Crippen molar-refractivity contribution >= 4 is 15.9 Å². The summed E-state index contributed by atoms with van der Waals surface area (Å²) in [6.07, 6.45) is 0. The third-order valence-electron chi connectivity index (χ3n) is 2.77. The van der Waals surface area contributed by atoms with Crippen molar-refractivity contribution in [1.29, 1.82) is 0 Å². The van der Waals surface area contributed by atoms with Gasteiger partial charge in [0.05, 0.1) is 0 Å². The number of nitrogens with zero attached hydrogens (tertiary/aromatic N) is 2. The Morgan fingerprint density at radius 1 is 1.05 bits per heavy atom. The average Bonchev–Trinajstić information content (AvgIpc) is 2.09.